The standard InChI is InChI=1S/C10H9Cl2N5O/c1-17(4-8-14-5-15-16-8)10(18)6-2-7(11)9(12)13-3-6/h2-3,5H,4H2,1H3,(H,14,15,16). The lowest BCUT2D eigenvalue weighted by atomic mass is 10.2. The van der Waals surface area contributed by atoms with Crippen molar-refractivity contribution in [1.82, 2.24) is 25.1 Å². The van der Waals surface area contributed by atoms with E-state index in [2.05, 4.69) is 20.2 Å². The first kappa shape index (κ1) is 12.8. The molecule has 2 aromatic heterocycles. The number of hydrogen-bond acceptors (Lipinski definition) is 4. The van der Waals surface area contributed by atoms with Crippen molar-refractivity contribution in [2.75, 3.05) is 7.05 Å². The second kappa shape index (κ2) is 5.32. The summed E-state index contributed by atoms with van der Waals surface area (Å²) in [6.45, 7) is 0.319. The van der Waals surface area contributed by atoms with Gasteiger partial charge < -0.3 is 4.90 Å². The number of halogens is 2. The zero-order valence-corrected chi connectivity index (χ0v) is 10.9. The third-order valence-electron chi connectivity index (χ3n) is 2.24. The van der Waals surface area contributed by atoms with E-state index in [9.17, 15) is 4.79 Å². The molecule has 1 amide bonds. The van der Waals surface area contributed by atoms with Crippen molar-refractivity contribution in [3.05, 3.63) is 40.2 Å². The van der Waals surface area contributed by atoms with Crippen LogP contribution in [0.15, 0.2) is 18.6 Å². The van der Waals surface area contributed by atoms with Crippen LogP contribution in [0.3, 0.4) is 0 Å². The van der Waals surface area contributed by atoms with Crippen molar-refractivity contribution in [3.8, 4) is 0 Å². The van der Waals surface area contributed by atoms with Crippen molar-refractivity contribution in [2.24, 2.45) is 0 Å². The SMILES string of the molecule is CN(Cc1ncn[nH]1)C(=O)c1cnc(Cl)c(Cl)c1. The number of rotatable bonds is 3. The summed E-state index contributed by atoms with van der Waals surface area (Å²) in [5.41, 5.74) is 0.367. The van der Waals surface area contributed by atoms with Crippen LogP contribution in [0.1, 0.15) is 16.2 Å². The fourth-order valence-corrected chi connectivity index (χ4v) is 1.63. The van der Waals surface area contributed by atoms with E-state index in [-0.39, 0.29) is 16.1 Å². The van der Waals surface area contributed by atoms with Crippen LogP contribution >= 0.6 is 23.2 Å². The number of aromatic amines is 1. The van der Waals surface area contributed by atoms with Crippen LogP contribution in [0.5, 0.6) is 0 Å². The van der Waals surface area contributed by atoms with E-state index in [0.717, 1.165) is 0 Å². The summed E-state index contributed by atoms with van der Waals surface area (Å²) < 4.78 is 0. The fraction of sp³-hybridized carbons (Fsp3) is 0.200. The number of H-pyrrole nitrogens is 1. The maximum atomic E-state index is 12.1. The first-order chi connectivity index (χ1) is 8.58. The van der Waals surface area contributed by atoms with Gasteiger partial charge in [-0.05, 0) is 6.07 Å². The molecule has 0 saturated carbocycles. The quantitative estimate of drug-likeness (QED) is 0.873. The van der Waals surface area contributed by atoms with Crippen molar-refractivity contribution >= 4 is 29.1 Å². The van der Waals surface area contributed by atoms with Gasteiger partial charge in [-0.2, -0.15) is 5.10 Å². The van der Waals surface area contributed by atoms with Crippen molar-refractivity contribution in [2.45, 2.75) is 6.54 Å². The topological polar surface area (TPSA) is 74.8 Å². The van der Waals surface area contributed by atoms with Crippen LogP contribution in [0.4, 0.5) is 0 Å². The predicted molar refractivity (Wildman–Crippen MR) is 66.4 cm³/mol. The number of hydrogen-bond donors (Lipinski definition) is 1. The number of pyridine rings is 1. The molecule has 0 aromatic carbocycles. The van der Waals surface area contributed by atoms with Crippen molar-refractivity contribution < 1.29 is 4.79 Å². The summed E-state index contributed by atoms with van der Waals surface area (Å²) in [5.74, 6) is 0.372. The number of carbonyl (C=O) groups excluding carboxylic acids is 1. The molecule has 0 fully saturated rings. The Hall–Kier alpha value is -1.66. The highest BCUT2D eigenvalue weighted by atomic mass is 35.5. The summed E-state index contributed by atoms with van der Waals surface area (Å²) in [6.07, 6.45) is 2.77. The molecule has 18 heavy (non-hydrogen) atoms. The molecule has 0 aliphatic rings. The molecule has 8 heteroatoms. The van der Waals surface area contributed by atoms with Crippen LogP contribution in [-0.2, 0) is 6.54 Å². The Kier molecular flexibility index (Phi) is 3.78. The molecule has 2 heterocycles. The molecule has 0 atom stereocenters. The number of nitrogens with one attached hydrogen (secondary N) is 1. The molecule has 0 radical (unpaired) electrons. The minimum Gasteiger partial charge on any atom is -0.334 e. The van der Waals surface area contributed by atoms with Gasteiger partial charge in [0.15, 0.2) is 0 Å². The zero-order valence-electron chi connectivity index (χ0n) is 9.39. The first-order valence-corrected chi connectivity index (χ1v) is 5.74. The van der Waals surface area contributed by atoms with Crippen LogP contribution in [0.25, 0.3) is 0 Å². The van der Waals surface area contributed by atoms with Gasteiger partial charge in [0.05, 0.1) is 17.1 Å². The van der Waals surface area contributed by atoms with Gasteiger partial charge in [-0.25, -0.2) is 9.97 Å². The predicted octanol–water partition coefficient (Wildman–Crippen LogP) is 1.78. The molecule has 0 bridgehead atoms. The minimum absolute atomic E-state index is 0.172. The van der Waals surface area contributed by atoms with Gasteiger partial charge in [0.2, 0.25) is 0 Å². The number of carbonyl (C=O) groups is 1. The first-order valence-electron chi connectivity index (χ1n) is 4.98. The third-order valence-corrected chi connectivity index (χ3v) is 2.93. The fourth-order valence-electron chi connectivity index (χ4n) is 1.36. The second-order valence-corrected chi connectivity index (χ2v) is 4.36. The normalized spacial score (nSPS) is 10.4. The Morgan fingerprint density at radius 2 is 2.22 bits per heavy atom. The van der Waals surface area contributed by atoms with Gasteiger partial charge in [-0.15, -0.1) is 0 Å². The molecule has 0 spiro atoms. The maximum Gasteiger partial charge on any atom is 0.255 e. The molecule has 94 valence electrons. The Bertz CT molecular complexity index is 557. The summed E-state index contributed by atoms with van der Waals surface area (Å²) in [5, 5.41) is 6.80. The number of amides is 1. The van der Waals surface area contributed by atoms with Crippen LogP contribution in [0.2, 0.25) is 10.2 Å². The van der Waals surface area contributed by atoms with Gasteiger partial charge in [-0.1, -0.05) is 23.2 Å². The van der Waals surface area contributed by atoms with Gasteiger partial charge in [0.25, 0.3) is 5.91 Å². The van der Waals surface area contributed by atoms with Crippen LogP contribution in [0, 0.1) is 0 Å². The maximum absolute atomic E-state index is 12.1. The zero-order chi connectivity index (χ0) is 13.1. The highest BCUT2D eigenvalue weighted by Gasteiger charge is 2.15. The lowest BCUT2D eigenvalue weighted by molar-refractivity contribution is 0.0781. The van der Waals surface area contributed by atoms with Crippen molar-refractivity contribution in [3.63, 3.8) is 0 Å². The highest BCUT2D eigenvalue weighted by Crippen LogP contribution is 2.20. The highest BCUT2D eigenvalue weighted by molar-refractivity contribution is 6.41. The third kappa shape index (κ3) is 2.77. The van der Waals surface area contributed by atoms with Gasteiger partial charge in [-0.3, -0.25) is 9.89 Å². The summed E-state index contributed by atoms with van der Waals surface area (Å²) in [6, 6.07) is 1.48. The molecule has 6 nitrogen and oxygen atoms in total. The molecule has 0 unspecified atom stereocenters. The Balaban J connectivity index is 2.12. The molecule has 2 rings (SSSR count). The monoisotopic (exact) mass is 285 g/mol. The second-order valence-electron chi connectivity index (χ2n) is 3.59. The summed E-state index contributed by atoms with van der Waals surface area (Å²) >= 11 is 11.5. The number of aromatic nitrogens is 4. The largest absolute Gasteiger partial charge is 0.334 e. The van der Waals surface area contributed by atoms with Crippen LogP contribution < -0.4 is 0 Å². The Labute approximate surface area is 113 Å². The average Bonchev–Trinajstić information content (AvgIpc) is 2.84. The van der Waals surface area contributed by atoms with Crippen LogP contribution in [-0.4, -0.2) is 38.0 Å². The van der Waals surface area contributed by atoms with Crippen molar-refractivity contribution in [1.29, 1.82) is 0 Å². The Morgan fingerprint density at radius 3 is 2.83 bits per heavy atom. The smallest absolute Gasteiger partial charge is 0.255 e. The molecular weight excluding hydrogens is 277 g/mol. The molecular formula is C10H9Cl2N5O. The number of nitrogens with zero attached hydrogens (tertiary/aromatic N) is 4. The Morgan fingerprint density at radius 1 is 1.44 bits per heavy atom. The minimum atomic E-state index is -0.225. The van der Waals surface area contributed by atoms with E-state index < -0.39 is 0 Å². The lowest BCUT2D eigenvalue weighted by Crippen LogP contribution is -2.26. The average molecular weight is 286 g/mol. The molecule has 0 saturated heterocycles. The van der Waals surface area contributed by atoms with Gasteiger partial charge in [0, 0.05) is 13.2 Å². The van der Waals surface area contributed by atoms with E-state index in [1.807, 2.05) is 0 Å². The van der Waals surface area contributed by atoms with Gasteiger partial charge >= 0.3 is 0 Å². The van der Waals surface area contributed by atoms with E-state index in [1.54, 1.807) is 7.05 Å². The molecule has 0 aliphatic heterocycles. The summed E-state index contributed by atoms with van der Waals surface area (Å²) in [4.78, 5) is 21.3. The van der Waals surface area contributed by atoms with E-state index in [0.29, 0.717) is 17.9 Å². The van der Waals surface area contributed by atoms with E-state index in [1.165, 1.54) is 23.5 Å². The molecule has 1 N–H and O–H groups in total. The summed E-state index contributed by atoms with van der Waals surface area (Å²) in [7, 11) is 1.65. The molecule has 2 aromatic rings. The lowest BCUT2D eigenvalue weighted by Gasteiger charge is -2.15. The molecule has 0 aliphatic carbocycles. The van der Waals surface area contributed by atoms with E-state index >= 15 is 0 Å². The van der Waals surface area contributed by atoms with E-state index in [4.69, 9.17) is 23.2 Å². The van der Waals surface area contributed by atoms with Gasteiger partial charge in [0.1, 0.15) is 17.3 Å².